The topological polar surface area (TPSA) is 71.3 Å². The van der Waals surface area contributed by atoms with Crippen molar-refractivity contribution < 1.29 is 9.32 Å². The molecular weight excluding hydrogens is 256 g/mol. The smallest absolute Gasteiger partial charge is 0.318 e. The number of hydrogen-bond donors (Lipinski definition) is 1. The van der Waals surface area contributed by atoms with Gasteiger partial charge in [0.1, 0.15) is 6.04 Å². The summed E-state index contributed by atoms with van der Waals surface area (Å²) in [5, 5.41) is 7.07. The molecule has 0 aromatic carbocycles. The predicted molar refractivity (Wildman–Crippen MR) is 73.2 cm³/mol. The van der Waals surface area contributed by atoms with Crippen molar-refractivity contribution in [3.63, 3.8) is 0 Å². The molecule has 1 N–H and O–H groups in total. The van der Waals surface area contributed by atoms with E-state index in [2.05, 4.69) is 29.3 Å². The molecule has 20 heavy (non-hydrogen) atoms. The summed E-state index contributed by atoms with van der Waals surface area (Å²) >= 11 is 0. The van der Waals surface area contributed by atoms with E-state index in [0.717, 1.165) is 44.6 Å². The number of hydrogen-bond acceptors (Lipinski definition) is 4. The standard InChI is InChI=1S/C14H22N4O2/c1-9(2)11(15-14(19)18-7-3-4-8-18)13-16-12(17-20-13)10-5-6-10/h9-11H,3-8H2,1-2H3,(H,15,19). The molecule has 2 aliphatic rings. The van der Waals surface area contributed by atoms with Crippen LogP contribution in [0.15, 0.2) is 4.52 Å². The van der Waals surface area contributed by atoms with Crippen LogP contribution in [0.3, 0.4) is 0 Å². The number of rotatable bonds is 4. The Morgan fingerprint density at radius 2 is 2.05 bits per heavy atom. The van der Waals surface area contributed by atoms with Gasteiger partial charge in [-0.1, -0.05) is 19.0 Å². The van der Waals surface area contributed by atoms with Gasteiger partial charge in [0, 0.05) is 19.0 Å². The van der Waals surface area contributed by atoms with Crippen molar-refractivity contribution in [2.24, 2.45) is 5.92 Å². The molecule has 1 atom stereocenters. The first-order chi connectivity index (χ1) is 9.65. The van der Waals surface area contributed by atoms with Gasteiger partial charge in [-0.15, -0.1) is 0 Å². The highest BCUT2D eigenvalue weighted by Gasteiger charge is 2.32. The maximum atomic E-state index is 12.2. The van der Waals surface area contributed by atoms with Crippen molar-refractivity contribution in [2.45, 2.75) is 51.5 Å². The Bertz CT molecular complexity index is 475. The molecule has 0 bridgehead atoms. The Labute approximate surface area is 118 Å². The van der Waals surface area contributed by atoms with Crippen molar-refractivity contribution in [2.75, 3.05) is 13.1 Å². The first-order valence-electron chi connectivity index (χ1n) is 7.54. The molecule has 6 nitrogen and oxygen atoms in total. The number of carbonyl (C=O) groups excluding carboxylic acids is 1. The van der Waals surface area contributed by atoms with Crippen LogP contribution in [-0.4, -0.2) is 34.2 Å². The van der Waals surface area contributed by atoms with E-state index < -0.39 is 0 Å². The summed E-state index contributed by atoms with van der Waals surface area (Å²) in [6.07, 6.45) is 4.47. The van der Waals surface area contributed by atoms with Crippen molar-refractivity contribution >= 4 is 6.03 Å². The van der Waals surface area contributed by atoms with Crippen molar-refractivity contribution in [1.82, 2.24) is 20.4 Å². The van der Waals surface area contributed by atoms with Gasteiger partial charge in [0.15, 0.2) is 5.82 Å². The van der Waals surface area contributed by atoms with Crippen LogP contribution in [-0.2, 0) is 0 Å². The van der Waals surface area contributed by atoms with Crippen LogP contribution in [0, 0.1) is 5.92 Å². The number of likely N-dealkylation sites (tertiary alicyclic amines) is 1. The summed E-state index contributed by atoms with van der Waals surface area (Å²) in [4.78, 5) is 18.5. The number of amides is 2. The van der Waals surface area contributed by atoms with Gasteiger partial charge in [0.2, 0.25) is 5.89 Å². The van der Waals surface area contributed by atoms with Gasteiger partial charge in [0.05, 0.1) is 0 Å². The van der Waals surface area contributed by atoms with E-state index in [1.54, 1.807) is 0 Å². The zero-order valence-electron chi connectivity index (χ0n) is 12.1. The molecule has 2 amide bonds. The largest absolute Gasteiger partial charge is 0.337 e. The average molecular weight is 278 g/mol. The molecule has 1 saturated carbocycles. The van der Waals surface area contributed by atoms with Gasteiger partial charge in [-0.05, 0) is 31.6 Å². The van der Waals surface area contributed by atoms with Gasteiger partial charge in [-0.3, -0.25) is 0 Å². The van der Waals surface area contributed by atoms with Gasteiger partial charge in [-0.25, -0.2) is 4.79 Å². The van der Waals surface area contributed by atoms with E-state index in [0.29, 0.717) is 11.8 Å². The Hall–Kier alpha value is -1.59. The van der Waals surface area contributed by atoms with E-state index in [9.17, 15) is 4.79 Å². The SMILES string of the molecule is CC(C)C(NC(=O)N1CCCC1)c1nc(C2CC2)no1. The summed E-state index contributed by atoms with van der Waals surface area (Å²) < 4.78 is 5.36. The molecule has 1 aromatic rings. The highest BCUT2D eigenvalue weighted by atomic mass is 16.5. The first kappa shape index (κ1) is 13.4. The molecule has 6 heteroatoms. The van der Waals surface area contributed by atoms with Crippen molar-refractivity contribution in [1.29, 1.82) is 0 Å². The quantitative estimate of drug-likeness (QED) is 0.918. The number of nitrogens with one attached hydrogen (secondary N) is 1. The Morgan fingerprint density at radius 3 is 2.65 bits per heavy atom. The van der Waals surface area contributed by atoms with E-state index in [-0.39, 0.29) is 18.0 Å². The van der Waals surface area contributed by atoms with Crippen LogP contribution < -0.4 is 5.32 Å². The molecule has 2 fully saturated rings. The second-order valence-electron chi connectivity index (χ2n) is 6.13. The van der Waals surface area contributed by atoms with E-state index in [4.69, 9.17) is 4.52 Å². The molecular formula is C14H22N4O2. The second-order valence-corrected chi connectivity index (χ2v) is 6.13. The molecule has 2 heterocycles. The van der Waals surface area contributed by atoms with Crippen LogP contribution >= 0.6 is 0 Å². The molecule has 1 unspecified atom stereocenters. The molecule has 3 rings (SSSR count). The lowest BCUT2D eigenvalue weighted by Gasteiger charge is -2.23. The molecule has 1 aliphatic carbocycles. The number of urea groups is 1. The van der Waals surface area contributed by atoms with Gasteiger partial charge in [-0.2, -0.15) is 4.98 Å². The van der Waals surface area contributed by atoms with Gasteiger partial charge < -0.3 is 14.7 Å². The highest BCUT2D eigenvalue weighted by Crippen LogP contribution is 2.38. The lowest BCUT2D eigenvalue weighted by atomic mass is 10.0. The third-order valence-electron chi connectivity index (χ3n) is 4.00. The minimum Gasteiger partial charge on any atom is -0.337 e. The molecule has 1 aliphatic heterocycles. The monoisotopic (exact) mass is 278 g/mol. The lowest BCUT2D eigenvalue weighted by molar-refractivity contribution is 0.194. The summed E-state index contributed by atoms with van der Waals surface area (Å²) in [6.45, 7) is 5.79. The first-order valence-corrected chi connectivity index (χ1v) is 7.54. The van der Waals surface area contributed by atoms with Crippen LogP contribution in [0.4, 0.5) is 4.79 Å². The summed E-state index contributed by atoms with van der Waals surface area (Å²) in [6, 6.07) is -0.226. The normalized spacial score (nSPS) is 20.4. The summed E-state index contributed by atoms with van der Waals surface area (Å²) in [5.74, 6) is 2.01. The van der Waals surface area contributed by atoms with Crippen LogP contribution in [0.2, 0.25) is 0 Å². The van der Waals surface area contributed by atoms with E-state index >= 15 is 0 Å². The number of carbonyl (C=O) groups is 1. The van der Waals surface area contributed by atoms with Gasteiger partial charge >= 0.3 is 6.03 Å². The Balaban J connectivity index is 1.68. The third-order valence-corrected chi connectivity index (χ3v) is 4.00. The van der Waals surface area contributed by atoms with E-state index in [1.165, 1.54) is 0 Å². The molecule has 1 aromatic heterocycles. The zero-order chi connectivity index (χ0) is 14.1. The number of aromatic nitrogens is 2. The summed E-state index contributed by atoms with van der Waals surface area (Å²) in [5.41, 5.74) is 0. The summed E-state index contributed by atoms with van der Waals surface area (Å²) in [7, 11) is 0. The van der Waals surface area contributed by atoms with Crippen LogP contribution in [0.1, 0.15) is 63.2 Å². The molecule has 110 valence electrons. The van der Waals surface area contributed by atoms with Gasteiger partial charge in [0.25, 0.3) is 0 Å². The second kappa shape index (κ2) is 5.42. The van der Waals surface area contributed by atoms with E-state index in [1.807, 2.05) is 4.90 Å². The molecule has 0 radical (unpaired) electrons. The third kappa shape index (κ3) is 2.78. The van der Waals surface area contributed by atoms with Crippen molar-refractivity contribution in [3.05, 3.63) is 11.7 Å². The fourth-order valence-electron chi connectivity index (χ4n) is 2.54. The maximum absolute atomic E-state index is 12.2. The number of nitrogens with zero attached hydrogens (tertiary/aromatic N) is 3. The maximum Gasteiger partial charge on any atom is 0.318 e. The Kier molecular flexibility index (Phi) is 3.63. The fourth-order valence-corrected chi connectivity index (χ4v) is 2.54. The minimum atomic E-state index is -0.205. The fraction of sp³-hybridized carbons (Fsp3) is 0.786. The van der Waals surface area contributed by atoms with Crippen LogP contribution in [0.25, 0.3) is 0 Å². The minimum absolute atomic E-state index is 0.0210. The molecule has 0 spiro atoms. The predicted octanol–water partition coefficient (Wildman–Crippen LogP) is 2.45. The Morgan fingerprint density at radius 1 is 1.35 bits per heavy atom. The lowest BCUT2D eigenvalue weighted by Crippen LogP contribution is -2.41. The van der Waals surface area contributed by atoms with Crippen molar-refractivity contribution in [3.8, 4) is 0 Å². The average Bonchev–Trinajstić information content (AvgIpc) is 2.95. The molecule has 1 saturated heterocycles. The van der Waals surface area contributed by atoms with Crippen LogP contribution in [0.5, 0.6) is 0 Å². The highest BCUT2D eigenvalue weighted by molar-refractivity contribution is 5.74. The zero-order valence-corrected chi connectivity index (χ0v) is 12.1.